The van der Waals surface area contributed by atoms with Gasteiger partial charge in [0.05, 0.1) is 39.6 Å². The third kappa shape index (κ3) is 17.2. The van der Waals surface area contributed by atoms with Crippen LogP contribution in [0, 0.1) is 0 Å². The summed E-state index contributed by atoms with van der Waals surface area (Å²) in [5, 5.41) is 31.6. The summed E-state index contributed by atoms with van der Waals surface area (Å²) in [4.78, 5) is 67.9. The fourth-order valence-electron chi connectivity index (χ4n) is 3.03. The summed E-state index contributed by atoms with van der Waals surface area (Å²) in [5.41, 5.74) is 0. The molecule has 0 rings (SSSR count). The first-order chi connectivity index (χ1) is 20.0. The van der Waals surface area contributed by atoms with Crippen molar-refractivity contribution in [3.8, 4) is 0 Å². The first-order valence-corrected chi connectivity index (χ1v) is 13.9. The SMILES string of the molecule is CCC(=O)C(=O)OCCCOCC(O)C(O)C(OCCCOC(=O)C(=O)CC)C(O)COCCCOC(=O)C(=O)CC. The number of hydrogen-bond acceptors (Lipinski definition) is 15. The van der Waals surface area contributed by atoms with Gasteiger partial charge in [-0.1, -0.05) is 20.8 Å². The molecule has 0 fully saturated rings. The van der Waals surface area contributed by atoms with E-state index in [4.69, 9.17) is 28.4 Å². The Hall–Kier alpha value is -2.82. The zero-order valence-electron chi connectivity index (χ0n) is 24.4. The van der Waals surface area contributed by atoms with Crippen LogP contribution in [0.15, 0.2) is 0 Å². The van der Waals surface area contributed by atoms with E-state index in [1.165, 1.54) is 20.8 Å². The van der Waals surface area contributed by atoms with E-state index in [2.05, 4.69) is 0 Å². The average Bonchev–Trinajstić information content (AvgIpc) is 2.99. The third-order valence-electron chi connectivity index (χ3n) is 5.50. The summed E-state index contributed by atoms with van der Waals surface area (Å²) in [5.74, 6) is -4.85. The highest BCUT2D eigenvalue weighted by Crippen LogP contribution is 2.12. The molecule has 0 radical (unpaired) electrons. The molecule has 0 amide bonds. The van der Waals surface area contributed by atoms with Gasteiger partial charge in [0.25, 0.3) is 0 Å². The molecule has 242 valence electrons. The molecule has 0 aliphatic rings. The molecule has 4 atom stereocenters. The number of carbonyl (C=O) groups is 6. The molecule has 0 aliphatic carbocycles. The van der Waals surface area contributed by atoms with Crippen LogP contribution in [-0.4, -0.2) is 128 Å². The Bertz CT molecular complexity index is 843. The summed E-state index contributed by atoms with van der Waals surface area (Å²) in [6.45, 7) is 3.52. The second kappa shape index (κ2) is 23.7. The average molecular weight is 609 g/mol. The molecule has 42 heavy (non-hydrogen) atoms. The minimum Gasteiger partial charge on any atom is -0.460 e. The zero-order chi connectivity index (χ0) is 31.9. The smallest absolute Gasteiger partial charge is 0.374 e. The van der Waals surface area contributed by atoms with Crippen molar-refractivity contribution in [1.29, 1.82) is 0 Å². The highest BCUT2D eigenvalue weighted by atomic mass is 16.6. The molecule has 0 aromatic carbocycles. The first-order valence-electron chi connectivity index (χ1n) is 13.9. The Kier molecular flexibility index (Phi) is 22.1. The predicted octanol–water partition coefficient (Wildman–Crippen LogP) is -0.775. The van der Waals surface area contributed by atoms with Crippen LogP contribution in [0.1, 0.15) is 59.3 Å². The molecule has 0 spiro atoms. The van der Waals surface area contributed by atoms with Crippen molar-refractivity contribution < 1.29 is 72.5 Å². The lowest BCUT2D eigenvalue weighted by molar-refractivity contribution is -0.162. The second-order valence-electron chi connectivity index (χ2n) is 8.91. The molecule has 0 aromatic heterocycles. The van der Waals surface area contributed by atoms with E-state index >= 15 is 0 Å². The number of aliphatic hydroxyl groups is 3. The lowest BCUT2D eigenvalue weighted by atomic mass is 10.0. The number of esters is 3. The molecule has 4 unspecified atom stereocenters. The molecule has 0 aliphatic heterocycles. The maximum absolute atomic E-state index is 11.5. The van der Waals surface area contributed by atoms with Crippen LogP contribution in [0.4, 0.5) is 0 Å². The van der Waals surface area contributed by atoms with Crippen LogP contribution in [0.2, 0.25) is 0 Å². The maximum atomic E-state index is 11.5. The monoisotopic (exact) mass is 608 g/mol. The van der Waals surface area contributed by atoms with Crippen molar-refractivity contribution in [1.82, 2.24) is 0 Å². The molecule has 0 saturated carbocycles. The van der Waals surface area contributed by atoms with Crippen molar-refractivity contribution in [2.75, 3.05) is 52.9 Å². The zero-order valence-corrected chi connectivity index (χ0v) is 24.4. The van der Waals surface area contributed by atoms with Crippen molar-refractivity contribution in [2.45, 2.75) is 83.7 Å². The summed E-state index contributed by atoms with van der Waals surface area (Å²) in [6, 6.07) is 0. The molecule has 15 heteroatoms. The van der Waals surface area contributed by atoms with Gasteiger partial charge in [0, 0.05) is 51.7 Å². The molecule has 0 saturated heterocycles. The Balaban J connectivity index is 4.74. The number of aliphatic hydroxyl groups excluding tert-OH is 3. The van der Waals surface area contributed by atoms with E-state index in [0.717, 1.165) is 0 Å². The highest BCUT2D eigenvalue weighted by Gasteiger charge is 2.33. The lowest BCUT2D eigenvalue weighted by Crippen LogP contribution is -2.49. The second-order valence-corrected chi connectivity index (χ2v) is 8.91. The third-order valence-corrected chi connectivity index (χ3v) is 5.50. The fourth-order valence-corrected chi connectivity index (χ4v) is 3.03. The van der Waals surface area contributed by atoms with Gasteiger partial charge >= 0.3 is 17.9 Å². The van der Waals surface area contributed by atoms with Gasteiger partial charge in [-0.3, -0.25) is 14.4 Å². The molecule has 3 N–H and O–H groups in total. The summed E-state index contributed by atoms with van der Waals surface area (Å²) in [6.07, 6.45) is -5.33. The van der Waals surface area contributed by atoms with E-state index in [9.17, 15) is 44.1 Å². The molecule has 0 aromatic rings. The summed E-state index contributed by atoms with van der Waals surface area (Å²) in [7, 11) is 0. The van der Waals surface area contributed by atoms with Gasteiger partial charge in [0.15, 0.2) is 0 Å². The van der Waals surface area contributed by atoms with Gasteiger partial charge in [-0.15, -0.1) is 0 Å². The summed E-state index contributed by atoms with van der Waals surface area (Å²) < 4.78 is 30.5. The highest BCUT2D eigenvalue weighted by molar-refractivity contribution is 6.34. The van der Waals surface area contributed by atoms with Gasteiger partial charge in [0.1, 0.15) is 24.4 Å². The number of ether oxygens (including phenoxy) is 6. The fraction of sp³-hybridized carbons (Fsp3) is 0.778. The van der Waals surface area contributed by atoms with Crippen LogP contribution in [0.3, 0.4) is 0 Å². The number of hydrogen-bond donors (Lipinski definition) is 3. The molecular weight excluding hydrogens is 564 g/mol. The molecule has 15 nitrogen and oxygen atoms in total. The van der Waals surface area contributed by atoms with Gasteiger partial charge in [-0.2, -0.15) is 0 Å². The van der Waals surface area contributed by atoms with Crippen molar-refractivity contribution in [2.24, 2.45) is 0 Å². The van der Waals surface area contributed by atoms with Gasteiger partial charge in [0.2, 0.25) is 17.3 Å². The van der Waals surface area contributed by atoms with Crippen LogP contribution in [0.25, 0.3) is 0 Å². The topological polar surface area (TPSA) is 218 Å². The quantitative estimate of drug-likeness (QED) is 0.0475. The van der Waals surface area contributed by atoms with E-state index in [-0.39, 0.29) is 91.4 Å². The van der Waals surface area contributed by atoms with Crippen LogP contribution >= 0.6 is 0 Å². The van der Waals surface area contributed by atoms with Crippen molar-refractivity contribution in [3.05, 3.63) is 0 Å². The molecule has 0 bridgehead atoms. The Morgan fingerprint density at radius 2 is 0.881 bits per heavy atom. The Morgan fingerprint density at radius 1 is 0.524 bits per heavy atom. The standard InChI is InChI=1S/C27H44O15/c1-4-18(28)25(34)40-13-7-10-37-16-21(31)23(33)24(39-12-9-15-42-27(36)20(30)6-3)22(32)17-38-11-8-14-41-26(35)19(29)5-2/h21-24,31-33H,4-17H2,1-3H3. The minimum atomic E-state index is -1.64. The Labute approximate surface area is 244 Å². The van der Waals surface area contributed by atoms with E-state index < -0.39 is 59.7 Å². The van der Waals surface area contributed by atoms with E-state index in [1.54, 1.807) is 0 Å². The molecule has 0 heterocycles. The summed E-state index contributed by atoms with van der Waals surface area (Å²) >= 11 is 0. The maximum Gasteiger partial charge on any atom is 0.374 e. The number of ketones is 3. The van der Waals surface area contributed by atoms with Gasteiger partial charge in [-0.25, -0.2) is 14.4 Å². The van der Waals surface area contributed by atoms with Gasteiger partial charge < -0.3 is 43.7 Å². The number of rotatable bonds is 26. The normalized spacial score (nSPS) is 13.9. The van der Waals surface area contributed by atoms with E-state index in [1.807, 2.05) is 0 Å². The lowest BCUT2D eigenvalue weighted by Gasteiger charge is -2.30. The predicted molar refractivity (Wildman–Crippen MR) is 142 cm³/mol. The number of Topliss-reactive ketones (excluding diaryl/α,β-unsaturated/α-hetero) is 3. The van der Waals surface area contributed by atoms with Crippen molar-refractivity contribution in [3.63, 3.8) is 0 Å². The minimum absolute atomic E-state index is 0.00126. The Morgan fingerprint density at radius 3 is 1.26 bits per heavy atom. The van der Waals surface area contributed by atoms with Crippen LogP contribution in [-0.2, 0) is 57.2 Å². The molecular formula is C27H44O15. The van der Waals surface area contributed by atoms with E-state index in [0.29, 0.717) is 0 Å². The van der Waals surface area contributed by atoms with Crippen LogP contribution < -0.4 is 0 Å². The van der Waals surface area contributed by atoms with Gasteiger partial charge in [-0.05, 0) is 0 Å². The van der Waals surface area contributed by atoms with Crippen molar-refractivity contribution >= 4 is 35.3 Å². The number of carbonyl (C=O) groups excluding carboxylic acids is 6. The van der Waals surface area contributed by atoms with Crippen LogP contribution in [0.5, 0.6) is 0 Å². The first kappa shape index (κ1) is 39.2. The largest absolute Gasteiger partial charge is 0.460 e.